The van der Waals surface area contributed by atoms with Gasteiger partial charge in [-0.15, -0.1) is 0 Å². The van der Waals surface area contributed by atoms with Gasteiger partial charge in [0.1, 0.15) is 11.8 Å². The Bertz CT molecular complexity index is 803. The molecule has 5 nitrogen and oxygen atoms in total. The standard InChI is InChI=1S/C20H21N4O/c21-10-14-16(17-15(2-1-3-22-17)23-19-18(14)25-19)24-20-7-11-4-12(8-20)6-13(5-11)9-20/h1-3,11-13,18-19,23H,4-9H2/q-1. The third kappa shape index (κ3) is 2.09. The summed E-state index contributed by atoms with van der Waals surface area (Å²) in [4.78, 5) is 9.92. The number of pyridine rings is 1. The lowest BCUT2D eigenvalue weighted by Crippen LogP contribution is -2.50. The molecule has 7 rings (SSSR count). The summed E-state index contributed by atoms with van der Waals surface area (Å²) in [5, 5.41) is 13.2. The van der Waals surface area contributed by atoms with Crippen LogP contribution in [-0.4, -0.2) is 34.4 Å². The van der Waals surface area contributed by atoms with Gasteiger partial charge >= 0.3 is 0 Å². The van der Waals surface area contributed by atoms with Gasteiger partial charge in [-0.3, -0.25) is 15.8 Å². The van der Waals surface area contributed by atoms with Gasteiger partial charge in [0.15, 0.2) is 6.23 Å². The van der Waals surface area contributed by atoms with Crippen LogP contribution in [0.5, 0.6) is 0 Å². The molecule has 3 heterocycles. The highest BCUT2D eigenvalue weighted by atomic mass is 16.6. The maximum Gasteiger partial charge on any atom is 0.160 e. The molecule has 128 valence electrons. The van der Waals surface area contributed by atoms with Crippen molar-refractivity contribution in [3.8, 4) is 0 Å². The topological polar surface area (TPSA) is 72.1 Å². The molecule has 0 amide bonds. The van der Waals surface area contributed by atoms with Gasteiger partial charge in [-0.2, -0.15) is 0 Å². The molecule has 2 unspecified atom stereocenters. The largest absolute Gasteiger partial charge is 0.763 e. The van der Waals surface area contributed by atoms with Crippen LogP contribution in [-0.2, 0) is 4.74 Å². The third-order valence-electron chi connectivity index (χ3n) is 6.84. The summed E-state index contributed by atoms with van der Waals surface area (Å²) in [6.07, 6.45) is 9.25. The van der Waals surface area contributed by atoms with Crippen LogP contribution in [0.25, 0.3) is 5.41 Å². The predicted octanol–water partition coefficient (Wildman–Crippen LogP) is 3.16. The molecule has 4 saturated carbocycles. The molecule has 0 aromatic carbocycles. The van der Waals surface area contributed by atoms with Crippen molar-refractivity contribution < 1.29 is 4.74 Å². The Morgan fingerprint density at radius 3 is 2.60 bits per heavy atom. The van der Waals surface area contributed by atoms with Crippen LogP contribution in [0.4, 0.5) is 5.69 Å². The molecule has 4 aliphatic carbocycles. The number of hydrogen-bond acceptors (Lipinski definition) is 4. The minimum Gasteiger partial charge on any atom is -0.763 e. The average Bonchev–Trinajstić information content (AvgIpc) is 3.33. The van der Waals surface area contributed by atoms with Gasteiger partial charge in [-0.1, -0.05) is 0 Å². The van der Waals surface area contributed by atoms with Crippen molar-refractivity contribution in [2.24, 2.45) is 22.7 Å². The van der Waals surface area contributed by atoms with Crippen LogP contribution in [0.15, 0.2) is 28.9 Å². The normalized spacial score (nSPS) is 44.6. The van der Waals surface area contributed by atoms with Crippen molar-refractivity contribution in [1.82, 2.24) is 4.98 Å². The van der Waals surface area contributed by atoms with E-state index in [1.54, 1.807) is 6.20 Å². The van der Waals surface area contributed by atoms with Crippen molar-refractivity contribution >= 4 is 17.3 Å². The zero-order valence-corrected chi connectivity index (χ0v) is 14.1. The Labute approximate surface area is 147 Å². The highest BCUT2D eigenvalue weighted by Crippen LogP contribution is 2.57. The van der Waals surface area contributed by atoms with Gasteiger partial charge in [0, 0.05) is 11.8 Å². The van der Waals surface area contributed by atoms with E-state index in [2.05, 4.69) is 16.2 Å². The minimum absolute atomic E-state index is 0.0235. The number of nitrogens with zero attached hydrogens (tertiary/aromatic N) is 3. The van der Waals surface area contributed by atoms with Crippen LogP contribution in [0.3, 0.4) is 0 Å². The SMILES string of the molecule is [N-]=C=C1C(=NC23CC4CC(CC(C4)C2)C3)c2ncccc2NC2OC12. The van der Waals surface area contributed by atoms with E-state index in [-0.39, 0.29) is 17.9 Å². The molecule has 1 aromatic rings. The molecular formula is C20H21N4O-. The monoisotopic (exact) mass is 333 g/mol. The molecule has 6 aliphatic rings. The first-order valence-corrected chi connectivity index (χ1v) is 9.47. The fraction of sp³-hybridized carbons (Fsp3) is 0.600. The Kier molecular flexibility index (Phi) is 2.73. The lowest BCUT2D eigenvalue weighted by molar-refractivity contribution is 0.00172. The Hall–Kier alpha value is -1.97. The van der Waals surface area contributed by atoms with E-state index in [4.69, 9.17) is 9.73 Å². The van der Waals surface area contributed by atoms with Gasteiger partial charge in [0.2, 0.25) is 0 Å². The zero-order chi connectivity index (χ0) is 16.6. The number of aliphatic imine (C=N–C) groups is 1. The van der Waals surface area contributed by atoms with E-state index in [0.29, 0.717) is 5.57 Å². The molecule has 4 bridgehead atoms. The molecule has 2 atom stereocenters. The Morgan fingerprint density at radius 1 is 1.20 bits per heavy atom. The zero-order valence-electron chi connectivity index (χ0n) is 14.1. The summed E-state index contributed by atoms with van der Waals surface area (Å²) in [6.45, 7) is 0. The summed E-state index contributed by atoms with van der Waals surface area (Å²) in [6, 6.07) is 3.93. The molecule has 1 saturated heterocycles. The maximum atomic E-state index is 9.82. The molecule has 1 aromatic heterocycles. The molecule has 5 fully saturated rings. The number of hydrogen-bond donors (Lipinski definition) is 1. The first-order valence-electron chi connectivity index (χ1n) is 9.47. The van der Waals surface area contributed by atoms with Crippen LogP contribution in [0.2, 0.25) is 0 Å². The predicted molar refractivity (Wildman–Crippen MR) is 95.8 cm³/mol. The van der Waals surface area contributed by atoms with Gasteiger partial charge in [0.05, 0.1) is 16.9 Å². The fourth-order valence-electron chi connectivity index (χ4n) is 6.24. The van der Waals surface area contributed by atoms with Crippen molar-refractivity contribution in [3.63, 3.8) is 0 Å². The molecular weight excluding hydrogens is 312 g/mol. The molecule has 25 heavy (non-hydrogen) atoms. The molecule has 0 radical (unpaired) electrons. The van der Waals surface area contributed by atoms with Crippen molar-refractivity contribution in [3.05, 3.63) is 35.0 Å². The highest BCUT2D eigenvalue weighted by Gasteiger charge is 2.52. The first kappa shape index (κ1) is 14.2. The van der Waals surface area contributed by atoms with Crippen molar-refractivity contribution in [2.45, 2.75) is 56.4 Å². The number of rotatable bonds is 1. The molecule has 5 heteroatoms. The summed E-state index contributed by atoms with van der Waals surface area (Å²) in [7, 11) is 0. The summed E-state index contributed by atoms with van der Waals surface area (Å²) < 4.78 is 5.69. The summed E-state index contributed by atoms with van der Waals surface area (Å²) in [5.41, 5.74) is 3.23. The molecule has 0 spiro atoms. The van der Waals surface area contributed by atoms with E-state index in [1.165, 1.54) is 38.5 Å². The van der Waals surface area contributed by atoms with Crippen LogP contribution < -0.4 is 5.32 Å². The number of anilines is 1. The second-order valence-electron chi connectivity index (χ2n) is 8.65. The van der Waals surface area contributed by atoms with E-state index >= 15 is 0 Å². The molecule has 1 N–H and O–H groups in total. The summed E-state index contributed by atoms with van der Waals surface area (Å²) in [5.74, 6) is 4.88. The van der Waals surface area contributed by atoms with Crippen molar-refractivity contribution in [2.75, 3.05) is 5.32 Å². The minimum atomic E-state index is -0.174. The average molecular weight is 333 g/mol. The highest BCUT2D eigenvalue weighted by molar-refractivity contribution is 6.20. The number of epoxide rings is 1. The van der Waals surface area contributed by atoms with Crippen LogP contribution in [0, 0.1) is 17.8 Å². The van der Waals surface area contributed by atoms with E-state index in [0.717, 1.165) is 34.8 Å². The first-order chi connectivity index (χ1) is 12.2. The van der Waals surface area contributed by atoms with Gasteiger partial charge in [-0.25, -0.2) is 0 Å². The van der Waals surface area contributed by atoms with E-state index < -0.39 is 0 Å². The van der Waals surface area contributed by atoms with Gasteiger partial charge in [0.25, 0.3) is 0 Å². The lowest BCUT2D eigenvalue weighted by atomic mass is 9.53. The third-order valence-corrected chi connectivity index (χ3v) is 6.84. The van der Waals surface area contributed by atoms with E-state index in [9.17, 15) is 5.41 Å². The second kappa shape index (κ2) is 4.80. The van der Waals surface area contributed by atoms with Crippen LogP contribution >= 0.6 is 0 Å². The summed E-state index contributed by atoms with van der Waals surface area (Å²) >= 11 is 0. The van der Waals surface area contributed by atoms with Gasteiger partial charge in [-0.05, 0) is 68.4 Å². The van der Waals surface area contributed by atoms with Crippen molar-refractivity contribution in [1.29, 1.82) is 0 Å². The maximum absolute atomic E-state index is 9.82. The lowest BCUT2D eigenvalue weighted by Gasteiger charge is -2.55. The number of ether oxygens (including phenoxy) is 1. The second-order valence-corrected chi connectivity index (χ2v) is 8.65. The number of aromatic nitrogens is 1. The number of nitrogens with one attached hydrogen (secondary N) is 1. The Morgan fingerprint density at radius 2 is 1.92 bits per heavy atom. The smallest absolute Gasteiger partial charge is 0.160 e. The van der Waals surface area contributed by atoms with Crippen LogP contribution in [0.1, 0.15) is 44.2 Å². The number of fused-ring (bicyclic) bond motifs is 2. The quantitative estimate of drug-likeness (QED) is 0.634. The Balaban J connectivity index is 1.51. The van der Waals surface area contributed by atoms with Gasteiger partial charge < -0.3 is 15.5 Å². The molecule has 2 aliphatic heterocycles. The van der Waals surface area contributed by atoms with E-state index in [1.807, 2.05) is 12.1 Å². The fourth-order valence-corrected chi connectivity index (χ4v) is 6.24.